The first-order chi connectivity index (χ1) is 17.7. The van der Waals surface area contributed by atoms with Crippen LogP contribution in [-0.4, -0.2) is 59.4 Å². The summed E-state index contributed by atoms with van der Waals surface area (Å²) < 4.78 is 32.0. The number of piperidine rings is 1. The molecular weight excluding hydrogens is 504 g/mol. The number of aromatic nitrogens is 1. The molecule has 4 rings (SSSR count). The van der Waals surface area contributed by atoms with Crippen LogP contribution >= 0.6 is 11.6 Å². The summed E-state index contributed by atoms with van der Waals surface area (Å²) in [5.41, 5.74) is 0.589. The smallest absolute Gasteiger partial charge is 0.309 e. The Morgan fingerprint density at radius 2 is 1.92 bits per heavy atom. The molecule has 0 amide bonds. The van der Waals surface area contributed by atoms with Gasteiger partial charge in [0, 0.05) is 42.0 Å². The van der Waals surface area contributed by atoms with E-state index in [0.29, 0.717) is 78.4 Å². The maximum atomic E-state index is 13.4. The standard InChI is InChI=1S/C27H30ClF2N3O4/c1-37-20-2-3-23-21(15-20)25(22(28)16-32-23)24(34)4-5-27(26(35)36)6-9-33(10-7-27)11-8-31-19-13-17(29)12-18(30)14-19/h2-3,12-16,24,31,34H,4-11H2,1H3,(H,35,36)/t24-/m0/s1. The van der Waals surface area contributed by atoms with Crippen molar-refractivity contribution in [3.05, 3.63) is 64.8 Å². The molecule has 10 heteroatoms. The van der Waals surface area contributed by atoms with Gasteiger partial charge in [-0.15, -0.1) is 0 Å². The molecule has 0 spiro atoms. The van der Waals surface area contributed by atoms with E-state index < -0.39 is 29.1 Å². The Morgan fingerprint density at radius 1 is 1.22 bits per heavy atom. The van der Waals surface area contributed by atoms with Crippen LogP contribution in [0.1, 0.15) is 37.4 Å². The number of aliphatic hydroxyl groups is 1. The second kappa shape index (κ2) is 11.6. The predicted molar refractivity (Wildman–Crippen MR) is 138 cm³/mol. The van der Waals surface area contributed by atoms with Gasteiger partial charge in [0.05, 0.1) is 29.2 Å². The van der Waals surface area contributed by atoms with Gasteiger partial charge in [-0.05, 0) is 69.1 Å². The van der Waals surface area contributed by atoms with Gasteiger partial charge in [-0.3, -0.25) is 9.78 Å². The van der Waals surface area contributed by atoms with Gasteiger partial charge in [0.1, 0.15) is 17.4 Å². The van der Waals surface area contributed by atoms with Crippen molar-refractivity contribution in [1.82, 2.24) is 9.88 Å². The molecule has 7 nitrogen and oxygen atoms in total. The third kappa shape index (κ3) is 6.29. The van der Waals surface area contributed by atoms with Crippen LogP contribution in [-0.2, 0) is 4.79 Å². The lowest BCUT2D eigenvalue weighted by atomic mass is 9.74. The highest BCUT2D eigenvalue weighted by Crippen LogP contribution is 2.41. The van der Waals surface area contributed by atoms with Crippen LogP contribution in [0, 0.1) is 17.0 Å². The minimum Gasteiger partial charge on any atom is -0.497 e. The average Bonchev–Trinajstić information content (AvgIpc) is 2.87. The fourth-order valence-electron chi connectivity index (χ4n) is 4.98. The van der Waals surface area contributed by atoms with Gasteiger partial charge in [-0.1, -0.05) is 11.6 Å². The molecule has 1 aliphatic heterocycles. The number of aliphatic carboxylic acids is 1. The van der Waals surface area contributed by atoms with Crippen molar-refractivity contribution in [1.29, 1.82) is 0 Å². The lowest BCUT2D eigenvalue weighted by Crippen LogP contribution is -2.45. The van der Waals surface area contributed by atoms with Crippen molar-refractivity contribution < 1.29 is 28.5 Å². The molecule has 0 bridgehead atoms. The minimum atomic E-state index is -0.963. The quantitative estimate of drug-likeness (QED) is 0.327. The van der Waals surface area contributed by atoms with E-state index in [-0.39, 0.29) is 6.42 Å². The van der Waals surface area contributed by atoms with Gasteiger partial charge in [0.2, 0.25) is 0 Å². The number of carboxylic acids is 1. The number of methoxy groups -OCH3 is 1. The van der Waals surface area contributed by atoms with Crippen molar-refractivity contribution in [2.24, 2.45) is 5.41 Å². The molecular formula is C27H30ClF2N3O4. The third-order valence-electron chi connectivity index (χ3n) is 7.18. The normalized spacial score (nSPS) is 16.5. The number of benzene rings is 2. The van der Waals surface area contributed by atoms with E-state index in [1.54, 1.807) is 25.3 Å². The highest BCUT2D eigenvalue weighted by molar-refractivity contribution is 6.32. The zero-order chi connectivity index (χ0) is 26.6. The number of nitrogens with zero attached hydrogens (tertiary/aromatic N) is 2. The minimum absolute atomic E-state index is 0.231. The maximum absolute atomic E-state index is 13.4. The van der Waals surface area contributed by atoms with E-state index in [0.717, 1.165) is 6.07 Å². The van der Waals surface area contributed by atoms with Crippen LogP contribution in [0.15, 0.2) is 42.6 Å². The van der Waals surface area contributed by atoms with E-state index in [4.69, 9.17) is 16.3 Å². The number of hydrogen-bond acceptors (Lipinski definition) is 6. The molecule has 1 fully saturated rings. The molecule has 3 N–H and O–H groups in total. The topological polar surface area (TPSA) is 94.9 Å². The summed E-state index contributed by atoms with van der Waals surface area (Å²) in [6.07, 6.45) is 1.92. The van der Waals surface area contributed by atoms with E-state index in [1.165, 1.54) is 18.3 Å². The number of rotatable bonds is 10. The predicted octanol–water partition coefficient (Wildman–Crippen LogP) is 5.27. The second-order valence-corrected chi connectivity index (χ2v) is 9.88. The van der Waals surface area contributed by atoms with Gasteiger partial charge in [-0.2, -0.15) is 0 Å². The van der Waals surface area contributed by atoms with E-state index in [2.05, 4.69) is 15.2 Å². The summed E-state index contributed by atoms with van der Waals surface area (Å²) in [6.45, 7) is 2.21. The number of halogens is 3. The van der Waals surface area contributed by atoms with Gasteiger partial charge in [-0.25, -0.2) is 8.78 Å². The Kier molecular flexibility index (Phi) is 8.46. The number of likely N-dealkylation sites (tertiary alicyclic amines) is 1. The molecule has 37 heavy (non-hydrogen) atoms. The van der Waals surface area contributed by atoms with Gasteiger partial charge in [0.15, 0.2) is 0 Å². The molecule has 2 heterocycles. The first-order valence-electron chi connectivity index (χ1n) is 12.2. The second-order valence-electron chi connectivity index (χ2n) is 9.47. The number of aliphatic hydroxyl groups excluding tert-OH is 1. The SMILES string of the molecule is COc1ccc2ncc(Cl)c([C@@H](O)CCC3(C(=O)O)CCN(CCNc4cc(F)cc(F)c4)CC3)c2c1. The Bertz CT molecular complexity index is 1250. The third-order valence-corrected chi connectivity index (χ3v) is 7.49. The van der Waals surface area contributed by atoms with Crippen LogP contribution < -0.4 is 10.1 Å². The molecule has 0 saturated carbocycles. The van der Waals surface area contributed by atoms with Crippen molar-refractivity contribution in [3.63, 3.8) is 0 Å². The lowest BCUT2D eigenvalue weighted by Gasteiger charge is -2.39. The molecule has 2 aromatic carbocycles. The Labute approximate surface area is 219 Å². The molecule has 1 saturated heterocycles. The number of carboxylic acid groups (broad SMARTS) is 1. The molecule has 3 aromatic rings. The first kappa shape index (κ1) is 27.0. The summed E-state index contributed by atoms with van der Waals surface area (Å²) in [5.74, 6) is -1.56. The summed E-state index contributed by atoms with van der Waals surface area (Å²) in [4.78, 5) is 18.8. The van der Waals surface area contributed by atoms with Crippen molar-refractivity contribution in [3.8, 4) is 5.75 Å². The first-order valence-corrected chi connectivity index (χ1v) is 12.5. The van der Waals surface area contributed by atoms with E-state index in [9.17, 15) is 23.8 Å². The summed E-state index contributed by atoms with van der Waals surface area (Å²) in [7, 11) is 1.55. The Balaban J connectivity index is 1.37. The Morgan fingerprint density at radius 3 is 2.57 bits per heavy atom. The average molecular weight is 534 g/mol. The zero-order valence-corrected chi connectivity index (χ0v) is 21.3. The lowest BCUT2D eigenvalue weighted by molar-refractivity contribution is -0.153. The maximum Gasteiger partial charge on any atom is 0.309 e. The fourth-order valence-corrected chi connectivity index (χ4v) is 5.26. The largest absolute Gasteiger partial charge is 0.497 e. The Hall–Kier alpha value is -3.01. The molecule has 1 aliphatic rings. The summed E-state index contributed by atoms with van der Waals surface area (Å²) in [5, 5.41) is 25.2. The van der Waals surface area contributed by atoms with Crippen LogP contribution in [0.4, 0.5) is 14.5 Å². The number of fused-ring (bicyclic) bond motifs is 1. The molecule has 0 unspecified atom stereocenters. The highest BCUT2D eigenvalue weighted by Gasteiger charge is 2.41. The zero-order valence-electron chi connectivity index (χ0n) is 20.5. The van der Waals surface area contributed by atoms with Gasteiger partial charge >= 0.3 is 5.97 Å². The van der Waals surface area contributed by atoms with E-state index >= 15 is 0 Å². The number of hydrogen-bond donors (Lipinski definition) is 3. The number of carbonyl (C=O) groups is 1. The molecule has 0 aliphatic carbocycles. The monoisotopic (exact) mass is 533 g/mol. The highest BCUT2D eigenvalue weighted by atomic mass is 35.5. The van der Waals surface area contributed by atoms with E-state index in [1.807, 2.05) is 0 Å². The van der Waals surface area contributed by atoms with Crippen LogP contribution in [0.3, 0.4) is 0 Å². The fraction of sp³-hybridized carbons (Fsp3) is 0.407. The van der Waals surface area contributed by atoms with Crippen LogP contribution in [0.25, 0.3) is 10.9 Å². The van der Waals surface area contributed by atoms with Gasteiger partial charge < -0.3 is 25.2 Å². The molecule has 1 aromatic heterocycles. The summed E-state index contributed by atoms with van der Waals surface area (Å²) >= 11 is 6.41. The molecule has 198 valence electrons. The number of nitrogens with one attached hydrogen (secondary N) is 1. The number of pyridine rings is 1. The number of anilines is 1. The summed E-state index contributed by atoms with van der Waals surface area (Å²) in [6, 6.07) is 8.61. The number of ether oxygens (including phenoxy) is 1. The van der Waals surface area contributed by atoms with Crippen molar-refractivity contribution in [2.45, 2.75) is 31.8 Å². The molecule has 0 radical (unpaired) electrons. The van der Waals surface area contributed by atoms with Crippen LogP contribution in [0.5, 0.6) is 5.75 Å². The molecule has 1 atom stereocenters. The van der Waals surface area contributed by atoms with Crippen molar-refractivity contribution in [2.75, 3.05) is 38.6 Å². The van der Waals surface area contributed by atoms with Gasteiger partial charge in [0.25, 0.3) is 0 Å². The van der Waals surface area contributed by atoms with Crippen LogP contribution in [0.2, 0.25) is 5.02 Å². The van der Waals surface area contributed by atoms with Crippen molar-refractivity contribution >= 4 is 34.2 Å².